The van der Waals surface area contributed by atoms with Gasteiger partial charge in [-0.3, -0.25) is 0 Å². The minimum Gasteiger partial charge on any atom is -0.433 e. The quantitative estimate of drug-likeness (QED) is 0.345. The molecule has 0 spiro atoms. The van der Waals surface area contributed by atoms with Crippen LogP contribution in [0.25, 0.3) is 22.2 Å². The highest BCUT2D eigenvalue weighted by Crippen LogP contribution is 2.34. The van der Waals surface area contributed by atoms with Crippen molar-refractivity contribution in [3.05, 3.63) is 23.7 Å². The first-order valence-corrected chi connectivity index (χ1v) is 10.0. The zero-order valence-corrected chi connectivity index (χ0v) is 15.0. The van der Waals surface area contributed by atoms with E-state index in [0.717, 1.165) is 45.8 Å². The lowest BCUT2D eigenvalue weighted by molar-refractivity contribution is 0.623. The molecule has 0 aliphatic heterocycles. The van der Waals surface area contributed by atoms with Crippen LogP contribution in [0.15, 0.2) is 21.8 Å². The van der Waals surface area contributed by atoms with Gasteiger partial charge in [0.15, 0.2) is 5.58 Å². The van der Waals surface area contributed by atoms with Gasteiger partial charge in [0.2, 0.25) is 5.71 Å². The number of nitrogens with zero attached hydrogens (tertiary/aromatic N) is 3. The molecule has 3 heterocycles. The van der Waals surface area contributed by atoms with Crippen molar-refractivity contribution < 1.29 is 4.42 Å². The van der Waals surface area contributed by atoms with Crippen molar-refractivity contribution in [1.82, 2.24) is 15.0 Å². The Morgan fingerprint density at radius 3 is 2.96 bits per heavy atom. The predicted octanol–water partition coefficient (Wildman–Crippen LogP) is 5.32. The van der Waals surface area contributed by atoms with E-state index in [2.05, 4.69) is 23.0 Å². The van der Waals surface area contributed by atoms with Gasteiger partial charge >= 0.3 is 0 Å². The topological polar surface area (TPSA) is 51.8 Å². The largest absolute Gasteiger partial charge is 0.433 e. The molecule has 3 aromatic heterocycles. The zero-order valence-electron chi connectivity index (χ0n) is 14.2. The summed E-state index contributed by atoms with van der Waals surface area (Å²) in [5, 5.41) is 1.99. The fourth-order valence-corrected chi connectivity index (χ4v) is 4.33. The molecule has 1 aliphatic carbocycles. The third-order valence-electron chi connectivity index (χ3n) is 4.73. The van der Waals surface area contributed by atoms with Crippen molar-refractivity contribution in [1.29, 1.82) is 0 Å². The maximum atomic E-state index is 6.07. The standard InChI is InChI=1S/C19H23N3OS/c1-2-3-4-7-10-24-19-17-16(20-12-21-19)14-11-13-8-5-6-9-15(13)22-18(14)23-17/h11-12H,2-10H2,1H3. The van der Waals surface area contributed by atoms with E-state index in [4.69, 9.17) is 9.40 Å². The average molecular weight is 341 g/mol. The molecule has 0 N–H and O–H groups in total. The van der Waals surface area contributed by atoms with E-state index < -0.39 is 0 Å². The maximum absolute atomic E-state index is 6.07. The van der Waals surface area contributed by atoms with Crippen LogP contribution >= 0.6 is 11.8 Å². The lowest BCUT2D eigenvalue weighted by Crippen LogP contribution is -2.04. The number of aromatic nitrogens is 3. The van der Waals surface area contributed by atoms with Gasteiger partial charge in [0.25, 0.3) is 0 Å². The van der Waals surface area contributed by atoms with Gasteiger partial charge in [0.1, 0.15) is 16.9 Å². The van der Waals surface area contributed by atoms with Crippen LogP contribution in [0.4, 0.5) is 0 Å². The molecule has 0 saturated carbocycles. The molecule has 4 nitrogen and oxygen atoms in total. The summed E-state index contributed by atoms with van der Waals surface area (Å²) in [6.45, 7) is 2.24. The van der Waals surface area contributed by atoms with E-state index >= 15 is 0 Å². The minimum atomic E-state index is 0.721. The summed E-state index contributed by atoms with van der Waals surface area (Å²) >= 11 is 1.78. The highest BCUT2D eigenvalue weighted by molar-refractivity contribution is 7.99. The molecule has 0 unspecified atom stereocenters. The smallest absolute Gasteiger partial charge is 0.229 e. The fraction of sp³-hybridized carbons (Fsp3) is 0.526. The third-order valence-corrected chi connectivity index (χ3v) is 5.78. The first-order valence-electron chi connectivity index (χ1n) is 9.05. The molecular formula is C19H23N3OS. The molecule has 0 amide bonds. The number of thioether (sulfide) groups is 1. The lowest BCUT2D eigenvalue weighted by Gasteiger charge is -2.13. The molecule has 0 saturated heterocycles. The molecule has 5 heteroatoms. The van der Waals surface area contributed by atoms with E-state index in [-0.39, 0.29) is 0 Å². The molecule has 126 valence electrons. The first kappa shape index (κ1) is 15.9. The Labute approximate surface area is 146 Å². The SMILES string of the molecule is CCCCCCSc1ncnc2c1oc1nc3c(cc12)CCCC3. The van der Waals surface area contributed by atoms with E-state index in [1.54, 1.807) is 18.1 Å². The average Bonchev–Trinajstić information content (AvgIpc) is 2.98. The van der Waals surface area contributed by atoms with E-state index in [0.29, 0.717) is 0 Å². The minimum absolute atomic E-state index is 0.721. The number of furan rings is 1. The van der Waals surface area contributed by atoms with Crippen LogP contribution in [0.3, 0.4) is 0 Å². The Hall–Kier alpha value is -1.62. The summed E-state index contributed by atoms with van der Waals surface area (Å²) in [4.78, 5) is 13.7. The van der Waals surface area contributed by atoms with Gasteiger partial charge in [0, 0.05) is 5.69 Å². The Morgan fingerprint density at radius 2 is 2.04 bits per heavy atom. The number of hydrogen-bond acceptors (Lipinski definition) is 5. The number of pyridine rings is 1. The van der Waals surface area contributed by atoms with Gasteiger partial charge < -0.3 is 4.42 Å². The summed E-state index contributed by atoms with van der Waals surface area (Å²) in [6.07, 6.45) is 11.4. The summed E-state index contributed by atoms with van der Waals surface area (Å²) in [5.41, 5.74) is 5.01. The highest BCUT2D eigenvalue weighted by Gasteiger charge is 2.18. The Bertz CT molecular complexity index is 859. The Kier molecular flexibility index (Phi) is 4.69. The van der Waals surface area contributed by atoms with Crippen LogP contribution in [0.2, 0.25) is 0 Å². The van der Waals surface area contributed by atoms with Crippen LogP contribution in [-0.4, -0.2) is 20.7 Å². The van der Waals surface area contributed by atoms with Crippen molar-refractivity contribution in [3.8, 4) is 0 Å². The Morgan fingerprint density at radius 1 is 1.12 bits per heavy atom. The number of unbranched alkanes of at least 4 members (excludes halogenated alkanes) is 3. The van der Waals surface area contributed by atoms with E-state index in [9.17, 15) is 0 Å². The van der Waals surface area contributed by atoms with Crippen LogP contribution in [0.5, 0.6) is 0 Å². The second-order valence-corrected chi connectivity index (χ2v) is 7.61. The number of hydrogen-bond donors (Lipinski definition) is 0. The highest BCUT2D eigenvalue weighted by atomic mass is 32.2. The molecule has 0 radical (unpaired) electrons. The van der Waals surface area contributed by atoms with Crippen molar-refractivity contribution in [2.45, 2.75) is 63.3 Å². The molecule has 24 heavy (non-hydrogen) atoms. The van der Waals surface area contributed by atoms with Gasteiger partial charge in [0.05, 0.1) is 5.39 Å². The summed E-state index contributed by atoms with van der Waals surface area (Å²) in [5.74, 6) is 1.08. The third kappa shape index (κ3) is 3.02. The molecule has 0 fully saturated rings. The van der Waals surface area contributed by atoms with Gasteiger partial charge in [-0.2, -0.15) is 0 Å². The molecule has 3 aromatic rings. The normalized spacial score (nSPS) is 14.4. The second kappa shape index (κ2) is 7.09. The summed E-state index contributed by atoms with van der Waals surface area (Å²) in [6, 6.07) is 2.24. The fourth-order valence-electron chi connectivity index (χ4n) is 3.40. The lowest BCUT2D eigenvalue weighted by atomic mass is 9.95. The van der Waals surface area contributed by atoms with Gasteiger partial charge in [-0.1, -0.05) is 26.2 Å². The number of fused-ring (bicyclic) bond motifs is 4. The van der Waals surface area contributed by atoms with Gasteiger partial charge in [-0.15, -0.1) is 11.8 Å². The maximum Gasteiger partial charge on any atom is 0.229 e. The number of rotatable bonds is 6. The molecule has 1 aliphatic rings. The molecule has 0 atom stereocenters. The second-order valence-electron chi connectivity index (χ2n) is 6.52. The Balaban J connectivity index is 1.66. The monoisotopic (exact) mass is 341 g/mol. The van der Waals surface area contributed by atoms with Gasteiger partial charge in [-0.25, -0.2) is 15.0 Å². The number of aryl methyl sites for hydroxylation is 2. The van der Waals surface area contributed by atoms with Crippen molar-refractivity contribution in [2.75, 3.05) is 5.75 Å². The summed E-state index contributed by atoms with van der Waals surface area (Å²) in [7, 11) is 0. The molecule has 0 aromatic carbocycles. The van der Waals surface area contributed by atoms with Crippen molar-refractivity contribution in [2.24, 2.45) is 0 Å². The van der Waals surface area contributed by atoms with Gasteiger partial charge in [-0.05, 0) is 49.5 Å². The van der Waals surface area contributed by atoms with Crippen LogP contribution in [-0.2, 0) is 12.8 Å². The van der Waals surface area contributed by atoms with Crippen molar-refractivity contribution in [3.63, 3.8) is 0 Å². The van der Waals surface area contributed by atoms with E-state index in [1.807, 2.05) is 0 Å². The van der Waals surface area contributed by atoms with Crippen LogP contribution in [0, 0.1) is 0 Å². The van der Waals surface area contributed by atoms with Crippen LogP contribution < -0.4 is 0 Å². The first-order chi connectivity index (χ1) is 11.9. The predicted molar refractivity (Wildman–Crippen MR) is 98.6 cm³/mol. The van der Waals surface area contributed by atoms with Crippen LogP contribution in [0.1, 0.15) is 56.7 Å². The summed E-state index contributed by atoms with van der Waals surface area (Å²) < 4.78 is 6.07. The van der Waals surface area contributed by atoms with E-state index in [1.165, 1.54) is 49.8 Å². The molecular weight excluding hydrogens is 318 g/mol. The molecule has 0 bridgehead atoms. The zero-order chi connectivity index (χ0) is 16.4. The molecule has 4 rings (SSSR count). The van der Waals surface area contributed by atoms with Crippen molar-refractivity contribution >= 4 is 34.0 Å².